The largest absolute Gasteiger partial charge is 0.352 e. The van der Waals surface area contributed by atoms with Crippen LogP contribution in [0.5, 0.6) is 0 Å². The van der Waals surface area contributed by atoms with Crippen LogP contribution in [0.3, 0.4) is 0 Å². The van der Waals surface area contributed by atoms with E-state index in [2.05, 4.69) is 15.5 Å². The van der Waals surface area contributed by atoms with Crippen molar-refractivity contribution in [1.29, 1.82) is 0 Å². The number of hydrogen-bond donors (Lipinski definition) is 1. The first-order valence-corrected chi connectivity index (χ1v) is 6.36. The van der Waals surface area contributed by atoms with Gasteiger partial charge in [0.25, 0.3) is 0 Å². The third kappa shape index (κ3) is 3.57. The van der Waals surface area contributed by atoms with E-state index >= 15 is 0 Å². The van der Waals surface area contributed by atoms with Gasteiger partial charge in [0.15, 0.2) is 0 Å². The standard InChI is InChI=1S/C12H16ClN5O/c1-9-11(13)7-16-18(9)4-3-12(19)14-5-10-6-15-17(2)8-10/h6-8H,3-5H2,1-2H3,(H,14,19). The molecule has 0 saturated carbocycles. The summed E-state index contributed by atoms with van der Waals surface area (Å²) in [6.45, 7) is 2.89. The zero-order valence-electron chi connectivity index (χ0n) is 10.9. The average Bonchev–Trinajstić information content (AvgIpc) is 2.93. The van der Waals surface area contributed by atoms with Gasteiger partial charge in [0.2, 0.25) is 5.91 Å². The van der Waals surface area contributed by atoms with Crippen LogP contribution >= 0.6 is 11.6 Å². The Morgan fingerprint density at radius 2 is 2.21 bits per heavy atom. The zero-order chi connectivity index (χ0) is 13.8. The molecule has 0 radical (unpaired) electrons. The number of carbonyl (C=O) groups excluding carboxylic acids is 1. The molecule has 6 nitrogen and oxygen atoms in total. The van der Waals surface area contributed by atoms with Gasteiger partial charge in [-0.3, -0.25) is 14.2 Å². The van der Waals surface area contributed by atoms with E-state index in [9.17, 15) is 4.79 Å². The molecule has 0 fully saturated rings. The zero-order valence-corrected chi connectivity index (χ0v) is 11.7. The van der Waals surface area contributed by atoms with Gasteiger partial charge >= 0.3 is 0 Å². The van der Waals surface area contributed by atoms with Crippen molar-refractivity contribution in [3.05, 3.63) is 34.9 Å². The number of aryl methyl sites for hydroxylation is 2. The van der Waals surface area contributed by atoms with E-state index in [1.54, 1.807) is 21.8 Å². The Balaban J connectivity index is 1.77. The summed E-state index contributed by atoms with van der Waals surface area (Å²) in [4.78, 5) is 11.7. The van der Waals surface area contributed by atoms with Crippen molar-refractivity contribution in [3.8, 4) is 0 Å². The monoisotopic (exact) mass is 281 g/mol. The SMILES string of the molecule is Cc1c(Cl)cnn1CCC(=O)NCc1cnn(C)c1. The predicted molar refractivity (Wildman–Crippen MR) is 71.6 cm³/mol. The van der Waals surface area contributed by atoms with Crippen molar-refractivity contribution in [2.24, 2.45) is 7.05 Å². The Bertz CT molecular complexity index is 574. The van der Waals surface area contributed by atoms with Crippen molar-refractivity contribution in [1.82, 2.24) is 24.9 Å². The first-order valence-electron chi connectivity index (χ1n) is 5.98. The van der Waals surface area contributed by atoms with Crippen LogP contribution in [-0.4, -0.2) is 25.5 Å². The molecule has 102 valence electrons. The smallest absolute Gasteiger partial charge is 0.222 e. The van der Waals surface area contributed by atoms with Gasteiger partial charge in [-0.2, -0.15) is 10.2 Å². The number of nitrogens with zero attached hydrogens (tertiary/aromatic N) is 4. The molecule has 1 amide bonds. The van der Waals surface area contributed by atoms with Crippen LogP contribution in [-0.2, 0) is 24.9 Å². The summed E-state index contributed by atoms with van der Waals surface area (Å²) in [6.07, 6.45) is 5.57. The second-order valence-electron chi connectivity index (χ2n) is 4.35. The summed E-state index contributed by atoms with van der Waals surface area (Å²) in [5.41, 5.74) is 1.86. The average molecular weight is 282 g/mol. The molecule has 2 rings (SSSR count). The van der Waals surface area contributed by atoms with E-state index in [1.807, 2.05) is 20.2 Å². The molecule has 2 aromatic heterocycles. The summed E-state index contributed by atoms with van der Waals surface area (Å²) >= 11 is 5.90. The summed E-state index contributed by atoms with van der Waals surface area (Å²) in [7, 11) is 1.84. The number of carbonyl (C=O) groups is 1. The maximum absolute atomic E-state index is 11.7. The molecule has 7 heteroatoms. The Labute approximate surface area is 116 Å². The van der Waals surface area contributed by atoms with E-state index in [0.29, 0.717) is 24.5 Å². The lowest BCUT2D eigenvalue weighted by Crippen LogP contribution is -2.24. The van der Waals surface area contributed by atoms with Crippen LogP contribution in [0.4, 0.5) is 0 Å². The van der Waals surface area contributed by atoms with Crippen LogP contribution in [0.15, 0.2) is 18.6 Å². The lowest BCUT2D eigenvalue weighted by atomic mass is 10.3. The summed E-state index contributed by atoms with van der Waals surface area (Å²) in [5, 5.41) is 11.6. The lowest BCUT2D eigenvalue weighted by molar-refractivity contribution is -0.121. The molecule has 2 heterocycles. The van der Waals surface area contributed by atoms with Crippen LogP contribution < -0.4 is 5.32 Å². The molecule has 19 heavy (non-hydrogen) atoms. The van der Waals surface area contributed by atoms with Gasteiger partial charge in [-0.15, -0.1) is 0 Å². The van der Waals surface area contributed by atoms with Crippen molar-refractivity contribution < 1.29 is 4.79 Å². The molecular formula is C12H16ClN5O. The third-order valence-electron chi connectivity index (χ3n) is 2.84. The normalized spacial score (nSPS) is 10.7. The minimum absolute atomic E-state index is 0.0186. The van der Waals surface area contributed by atoms with E-state index in [4.69, 9.17) is 11.6 Å². The van der Waals surface area contributed by atoms with Gasteiger partial charge in [-0.1, -0.05) is 11.6 Å². The Morgan fingerprint density at radius 3 is 2.79 bits per heavy atom. The summed E-state index contributed by atoms with van der Waals surface area (Å²) < 4.78 is 3.43. The maximum Gasteiger partial charge on any atom is 0.222 e. The van der Waals surface area contributed by atoms with Gasteiger partial charge < -0.3 is 5.32 Å². The van der Waals surface area contributed by atoms with Gasteiger partial charge in [-0.05, 0) is 6.92 Å². The molecule has 0 aromatic carbocycles. The molecule has 0 spiro atoms. The fourth-order valence-electron chi connectivity index (χ4n) is 1.71. The summed E-state index contributed by atoms with van der Waals surface area (Å²) in [6, 6.07) is 0. The Hall–Kier alpha value is -1.82. The number of amides is 1. The molecule has 0 saturated heterocycles. The number of rotatable bonds is 5. The fraction of sp³-hybridized carbons (Fsp3) is 0.417. The minimum atomic E-state index is -0.0186. The lowest BCUT2D eigenvalue weighted by Gasteiger charge is -2.05. The molecule has 0 aliphatic rings. The highest BCUT2D eigenvalue weighted by atomic mass is 35.5. The maximum atomic E-state index is 11.7. The van der Waals surface area contributed by atoms with Crippen molar-refractivity contribution in [2.75, 3.05) is 0 Å². The number of nitrogens with one attached hydrogen (secondary N) is 1. The van der Waals surface area contributed by atoms with E-state index in [-0.39, 0.29) is 5.91 Å². The van der Waals surface area contributed by atoms with Gasteiger partial charge in [0.05, 0.1) is 29.7 Å². The highest BCUT2D eigenvalue weighted by Crippen LogP contribution is 2.13. The Kier molecular flexibility index (Phi) is 4.21. The van der Waals surface area contributed by atoms with Gasteiger partial charge in [0.1, 0.15) is 0 Å². The highest BCUT2D eigenvalue weighted by Gasteiger charge is 2.07. The first-order chi connectivity index (χ1) is 9.06. The molecule has 0 aliphatic carbocycles. The molecular weight excluding hydrogens is 266 g/mol. The van der Waals surface area contributed by atoms with E-state index in [0.717, 1.165) is 11.3 Å². The van der Waals surface area contributed by atoms with Crippen molar-refractivity contribution in [2.45, 2.75) is 26.4 Å². The van der Waals surface area contributed by atoms with Gasteiger partial charge in [0, 0.05) is 31.8 Å². The quantitative estimate of drug-likeness (QED) is 0.898. The van der Waals surface area contributed by atoms with Crippen LogP contribution in [0.1, 0.15) is 17.7 Å². The predicted octanol–water partition coefficient (Wildman–Crippen LogP) is 1.28. The number of aromatic nitrogens is 4. The molecule has 0 bridgehead atoms. The van der Waals surface area contributed by atoms with Crippen LogP contribution in [0.2, 0.25) is 5.02 Å². The van der Waals surface area contributed by atoms with Crippen LogP contribution in [0.25, 0.3) is 0 Å². The number of halogens is 1. The molecule has 0 atom stereocenters. The topological polar surface area (TPSA) is 64.7 Å². The van der Waals surface area contributed by atoms with Gasteiger partial charge in [-0.25, -0.2) is 0 Å². The van der Waals surface area contributed by atoms with Crippen molar-refractivity contribution in [3.63, 3.8) is 0 Å². The number of hydrogen-bond acceptors (Lipinski definition) is 3. The first kappa shape index (κ1) is 13.6. The molecule has 2 aromatic rings. The van der Waals surface area contributed by atoms with Crippen LogP contribution in [0, 0.1) is 6.92 Å². The van der Waals surface area contributed by atoms with Crippen molar-refractivity contribution >= 4 is 17.5 Å². The second-order valence-corrected chi connectivity index (χ2v) is 4.76. The van der Waals surface area contributed by atoms with E-state index in [1.165, 1.54) is 0 Å². The Morgan fingerprint density at radius 1 is 1.42 bits per heavy atom. The molecule has 0 unspecified atom stereocenters. The second kappa shape index (κ2) is 5.88. The molecule has 1 N–H and O–H groups in total. The highest BCUT2D eigenvalue weighted by molar-refractivity contribution is 6.31. The third-order valence-corrected chi connectivity index (χ3v) is 3.21. The fourth-order valence-corrected chi connectivity index (χ4v) is 1.85. The minimum Gasteiger partial charge on any atom is -0.352 e. The summed E-state index contributed by atoms with van der Waals surface area (Å²) in [5.74, 6) is -0.0186. The van der Waals surface area contributed by atoms with E-state index < -0.39 is 0 Å². The molecule has 0 aliphatic heterocycles.